The molecular weight excluding hydrogens is 196 g/mol. The predicted molar refractivity (Wildman–Crippen MR) is 55.2 cm³/mol. The van der Waals surface area contributed by atoms with Crippen molar-refractivity contribution in [2.45, 2.75) is 20.3 Å². The van der Waals surface area contributed by atoms with Crippen molar-refractivity contribution in [2.75, 3.05) is 19.8 Å². The highest BCUT2D eigenvalue weighted by atomic mass is 16.3. The monoisotopic (exact) mass is 214 g/mol. The maximum Gasteiger partial charge on any atom is 0.171 e. The lowest BCUT2D eigenvalue weighted by Crippen LogP contribution is -2.46. The summed E-state index contributed by atoms with van der Waals surface area (Å²) in [6.45, 7) is 2.71. The van der Waals surface area contributed by atoms with Crippen molar-refractivity contribution >= 4 is 5.78 Å². The fourth-order valence-corrected chi connectivity index (χ4v) is 2.30. The highest BCUT2D eigenvalue weighted by Crippen LogP contribution is 2.42. The first kappa shape index (κ1) is 12.4. The van der Waals surface area contributed by atoms with Gasteiger partial charge in [0.05, 0.1) is 25.2 Å². The molecule has 1 aliphatic carbocycles. The second kappa shape index (κ2) is 4.04. The number of aliphatic hydroxyl groups is 3. The van der Waals surface area contributed by atoms with Crippen LogP contribution in [0.15, 0.2) is 11.6 Å². The van der Waals surface area contributed by atoms with E-state index in [9.17, 15) is 15.0 Å². The number of aliphatic hydroxyl groups excluding tert-OH is 3. The molecule has 0 amide bonds. The summed E-state index contributed by atoms with van der Waals surface area (Å²) < 4.78 is 0. The van der Waals surface area contributed by atoms with Crippen LogP contribution < -0.4 is 0 Å². The lowest BCUT2D eigenvalue weighted by molar-refractivity contribution is -0.134. The maximum absolute atomic E-state index is 11.9. The zero-order valence-corrected chi connectivity index (χ0v) is 9.16. The van der Waals surface area contributed by atoms with Crippen molar-refractivity contribution in [1.82, 2.24) is 0 Å². The van der Waals surface area contributed by atoms with Crippen LogP contribution in [0.2, 0.25) is 0 Å². The first-order chi connectivity index (χ1) is 6.90. The number of allylic oxidation sites excluding steroid dienone is 1. The van der Waals surface area contributed by atoms with Gasteiger partial charge in [0.2, 0.25) is 0 Å². The normalized spacial score (nSPS) is 23.8. The summed E-state index contributed by atoms with van der Waals surface area (Å²) in [6.07, 6.45) is 2.12. The number of ketones is 1. The quantitative estimate of drug-likeness (QED) is 0.612. The van der Waals surface area contributed by atoms with Crippen LogP contribution in [0.5, 0.6) is 0 Å². The van der Waals surface area contributed by atoms with E-state index in [0.29, 0.717) is 6.42 Å². The van der Waals surface area contributed by atoms with Crippen LogP contribution in [0, 0.1) is 10.8 Å². The van der Waals surface area contributed by atoms with Gasteiger partial charge in [-0.15, -0.1) is 0 Å². The van der Waals surface area contributed by atoms with Gasteiger partial charge in [-0.25, -0.2) is 0 Å². The average Bonchev–Trinajstić information content (AvgIpc) is 2.21. The summed E-state index contributed by atoms with van der Waals surface area (Å²) >= 11 is 0. The number of carbonyl (C=O) groups excluding carboxylic acids is 1. The minimum atomic E-state index is -1.13. The molecule has 0 spiro atoms. The molecule has 0 saturated carbocycles. The van der Waals surface area contributed by atoms with Crippen LogP contribution in [0.25, 0.3) is 0 Å². The molecule has 0 atom stereocenters. The van der Waals surface area contributed by atoms with Crippen LogP contribution in [0.3, 0.4) is 0 Å². The topological polar surface area (TPSA) is 77.8 Å². The van der Waals surface area contributed by atoms with Crippen LogP contribution in [0.4, 0.5) is 0 Å². The molecule has 0 bridgehead atoms. The first-order valence-corrected chi connectivity index (χ1v) is 5.00. The SMILES string of the molecule is CC1(C)C=C(CO)C(=O)C(CO)(CO)C1. The van der Waals surface area contributed by atoms with Gasteiger partial charge in [-0.1, -0.05) is 19.9 Å². The van der Waals surface area contributed by atoms with E-state index in [-0.39, 0.29) is 36.6 Å². The number of rotatable bonds is 3. The molecule has 1 rings (SSSR count). The van der Waals surface area contributed by atoms with Gasteiger partial charge < -0.3 is 15.3 Å². The first-order valence-electron chi connectivity index (χ1n) is 5.00. The maximum atomic E-state index is 11.9. The molecule has 15 heavy (non-hydrogen) atoms. The largest absolute Gasteiger partial charge is 0.395 e. The second-order valence-electron chi connectivity index (χ2n) is 4.92. The van der Waals surface area contributed by atoms with E-state index < -0.39 is 5.41 Å². The Labute approximate surface area is 89.2 Å². The van der Waals surface area contributed by atoms with Gasteiger partial charge in [-0.3, -0.25) is 4.79 Å². The molecule has 0 aliphatic heterocycles. The second-order valence-corrected chi connectivity index (χ2v) is 4.92. The van der Waals surface area contributed by atoms with E-state index in [1.165, 1.54) is 0 Å². The molecule has 0 fully saturated rings. The highest BCUT2D eigenvalue weighted by Gasteiger charge is 2.46. The fraction of sp³-hybridized carbons (Fsp3) is 0.727. The van der Waals surface area contributed by atoms with Gasteiger partial charge in [0.1, 0.15) is 0 Å². The lowest BCUT2D eigenvalue weighted by atomic mass is 9.64. The van der Waals surface area contributed by atoms with Gasteiger partial charge in [0.15, 0.2) is 5.78 Å². The van der Waals surface area contributed by atoms with Crippen molar-refractivity contribution in [1.29, 1.82) is 0 Å². The molecule has 4 heteroatoms. The summed E-state index contributed by atoms with van der Waals surface area (Å²) in [5.74, 6) is -0.339. The van der Waals surface area contributed by atoms with Crippen molar-refractivity contribution in [2.24, 2.45) is 10.8 Å². The summed E-state index contributed by atoms with van der Waals surface area (Å²) in [4.78, 5) is 11.9. The molecule has 0 aromatic heterocycles. The Hall–Kier alpha value is -0.710. The van der Waals surface area contributed by atoms with Gasteiger partial charge in [0, 0.05) is 5.57 Å². The van der Waals surface area contributed by atoms with E-state index in [0.717, 1.165) is 0 Å². The molecule has 86 valence electrons. The van der Waals surface area contributed by atoms with Gasteiger partial charge >= 0.3 is 0 Å². The smallest absolute Gasteiger partial charge is 0.171 e. The Kier molecular flexibility index (Phi) is 3.33. The van der Waals surface area contributed by atoms with Crippen LogP contribution in [-0.4, -0.2) is 40.9 Å². The Bertz CT molecular complexity index is 287. The zero-order valence-electron chi connectivity index (χ0n) is 9.16. The standard InChI is InChI=1S/C11H18O4/c1-10(2)3-8(4-12)9(15)11(5-10,6-13)7-14/h3,12-14H,4-7H2,1-2H3. The Morgan fingerprint density at radius 3 is 2.20 bits per heavy atom. The summed E-state index contributed by atoms with van der Waals surface area (Å²) in [7, 11) is 0. The minimum absolute atomic E-state index is 0.286. The van der Waals surface area contributed by atoms with Crippen LogP contribution in [-0.2, 0) is 4.79 Å². The molecule has 0 heterocycles. The van der Waals surface area contributed by atoms with E-state index >= 15 is 0 Å². The highest BCUT2D eigenvalue weighted by molar-refractivity contribution is 6.01. The molecule has 0 unspecified atom stereocenters. The third-order valence-corrected chi connectivity index (χ3v) is 2.91. The van der Waals surface area contributed by atoms with Crippen LogP contribution >= 0.6 is 0 Å². The van der Waals surface area contributed by atoms with Crippen molar-refractivity contribution < 1.29 is 20.1 Å². The lowest BCUT2D eigenvalue weighted by Gasteiger charge is -2.40. The summed E-state index contributed by atoms with van der Waals surface area (Å²) in [5, 5.41) is 27.6. The molecule has 3 N–H and O–H groups in total. The third kappa shape index (κ3) is 2.12. The molecular formula is C11H18O4. The Balaban J connectivity index is 3.16. The average molecular weight is 214 g/mol. The molecule has 0 aromatic rings. The van der Waals surface area contributed by atoms with Crippen LogP contribution in [0.1, 0.15) is 20.3 Å². The van der Waals surface area contributed by atoms with E-state index in [1.807, 2.05) is 13.8 Å². The van der Waals surface area contributed by atoms with Crippen molar-refractivity contribution in [3.8, 4) is 0 Å². The molecule has 0 aromatic carbocycles. The fourth-order valence-electron chi connectivity index (χ4n) is 2.30. The zero-order chi connectivity index (χ0) is 11.7. The number of hydrogen-bond acceptors (Lipinski definition) is 4. The number of carbonyl (C=O) groups is 1. The van der Waals surface area contributed by atoms with E-state index in [1.54, 1.807) is 6.08 Å². The Morgan fingerprint density at radius 1 is 1.27 bits per heavy atom. The Morgan fingerprint density at radius 2 is 1.80 bits per heavy atom. The molecule has 1 aliphatic rings. The minimum Gasteiger partial charge on any atom is -0.395 e. The number of Topliss-reactive ketones (excluding diaryl/α,β-unsaturated/α-hetero) is 1. The van der Waals surface area contributed by atoms with E-state index in [2.05, 4.69) is 0 Å². The van der Waals surface area contributed by atoms with Gasteiger partial charge in [-0.2, -0.15) is 0 Å². The summed E-state index contributed by atoms with van der Waals surface area (Å²) in [6, 6.07) is 0. The molecule has 0 saturated heterocycles. The summed E-state index contributed by atoms with van der Waals surface area (Å²) in [5.41, 5.74) is -1.14. The van der Waals surface area contributed by atoms with Gasteiger partial charge in [-0.05, 0) is 11.8 Å². The number of hydrogen-bond donors (Lipinski definition) is 3. The van der Waals surface area contributed by atoms with Crippen molar-refractivity contribution in [3.63, 3.8) is 0 Å². The molecule has 4 nitrogen and oxygen atoms in total. The predicted octanol–water partition coefficient (Wildman–Crippen LogP) is -0.125. The third-order valence-electron chi connectivity index (χ3n) is 2.91. The molecule has 0 radical (unpaired) electrons. The van der Waals surface area contributed by atoms with Crippen molar-refractivity contribution in [3.05, 3.63) is 11.6 Å². The van der Waals surface area contributed by atoms with E-state index in [4.69, 9.17) is 5.11 Å². The van der Waals surface area contributed by atoms with Gasteiger partial charge in [0.25, 0.3) is 0 Å².